The summed E-state index contributed by atoms with van der Waals surface area (Å²) in [5, 5.41) is 6.87. The number of aromatic nitrogens is 2. The minimum Gasteiger partial charge on any atom is -0.494 e. The summed E-state index contributed by atoms with van der Waals surface area (Å²) in [7, 11) is 0. The quantitative estimate of drug-likeness (QED) is 0.223. The van der Waals surface area contributed by atoms with Crippen molar-refractivity contribution < 1.29 is 19.1 Å². The summed E-state index contributed by atoms with van der Waals surface area (Å²) in [6.45, 7) is 5.08. The maximum absolute atomic E-state index is 12.3. The van der Waals surface area contributed by atoms with Crippen LogP contribution in [0.5, 0.6) is 11.5 Å². The lowest BCUT2D eigenvalue weighted by atomic mass is 10.3. The van der Waals surface area contributed by atoms with E-state index >= 15 is 0 Å². The van der Waals surface area contributed by atoms with E-state index in [1.54, 1.807) is 11.8 Å². The van der Waals surface area contributed by atoms with Crippen molar-refractivity contribution in [1.82, 2.24) is 9.97 Å². The number of anilines is 2. The van der Waals surface area contributed by atoms with Crippen LogP contribution in [-0.2, 0) is 9.59 Å². The fourth-order valence-electron chi connectivity index (χ4n) is 3.23. The van der Waals surface area contributed by atoms with Gasteiger partial charge in [0.1, 0.15) is 11.5 Å². The third-order valence-electron chi connectivity index (χ3n) is 4.78. The van der Waals surface area contributed by atoms with Crippen LogP contribution in [0.25, 0.3) is 20.4 Å². The zero-order valence-electron chi connectivity index (χ0n) is 19.5. The molecule has 2 aromatic carbocycles. The normalized spacial score (nSPS) is 11.0. The molecule has 11 heteroatoms. The summed E-state index contributed by atoms with van der Waals surface area (Å²) in [5.74, 6) is 2.65. The van der Waals surface area contributed by atoms with Crippen LogP contribution in [0.15, 0.2) is 36.4 Å². The molecule has 4 rings (SSSR count). The van der Waals surface area contributed by atoms with Crippen LogP contribution < -0.4 is 20.1 Å². The van der Waals surface area contributed by atoms with E-state index in [9.17, 15) is 9.59 Å². The molecule has 0 spiro atoms. The van der Waals surface area contributed by atoms with Gasteiger partial charge in [-0.1, -0.05) is 22.7 Å². The molecule has 0 unspecified atom stereocenters. The number of hydrogen-bond acceptors (Lipinski definition) is 9. The van der Waals surface area contributed by atoms with E-state index in [0.717, 1.165) is 31.9 Å². The largest absolute Gasteiger partial charge is 0.494 e. The summed E-state index contributed by atoms with van der Waals surface area (Å²) in [4.78, 5) is 33.4. The number of nitrogens with zero attached hydrogens (tertiary/aromatic N) is 2. The zero-order chi connectivity index (χ0) is 24.6. The van der Waals surface area contributed by atoms with Gasteiger partial charge in [-0.15, -0.1) is 0 Å². The molecule has 0 saturated carbocycles. The van der Waals surface area contributed by atoms with E-state index in [4.69, 9.17) is 9.47 Å². The predicted molar refractivity (Wildman–Crippen MR) is 145 cm³/mol. The van der Waals surface area contributed by atoms with Gasteiger partial charge in [-0.2, -0.15) is 11.8 Å². The monoisotopic (exact) mass is 530 g/mol. The molecule has 8 nitrogen and oxygen atoms in total. The second kappa shape index (κ2) is 12.2. The molecule has 0 atom stereocenters. The first-order valence-electron chi connectivity index (χ1n) is 11.3. The Balaban J connectivity index is 1.16. The number of thiazole rings is 2. The predicted octanol–water partition coefficient (Wildman–Crippen LogP) is 5.79. The Kier molecular flexibility index (Phi) is 8.78. The Hall–Kier alpha value is -2.89. The molecule has 0 fully saturated rings. The van der Waals surface area contributed by atoms with Crippen molar-refractivity contribution in [1.29, 1.82) is 0 Å². The number of ether oxygens (including phenoxy) is 2. The number of carbonyl (C=O) groups excluding carboxylic acids is 2. The molecule has 0 radical (unpaired) electrons. The van der Waals surface area contributed by atoms with Crippen molar-refractivity contribution in [3.63, 3.8) is 0 Å². The average Bonchev–Trinajstić information content (AvgIpc) is 3.41. The average molecular weight is 531 g/mol. The van der Waals surface area contributed by atoms with Crippen LogP contribution in [-0.4, -0.2) is 46.5 Å². The third kappa shape index (κ3) is 7.06. The van der Waals surface area contributed by atoms with Gasteiger partial charge in [0.2, 0.25) is 11.8 Å². The molecule has 0 aliphatic rings. The Morgan fingerprint density at radius 3 is 1.69 bits per heavy atom. The smallest absolute Gasteiger partial charge is 0.226 e. The maximum atomic E-state index is 12.3. The van der Waals surface area contributed by atoms with E-state index in [0.29, 0.717) is 47.8 Å². The molecular weight excluding hydrogens is 504 g/mol. The molecule has 4 aromatic rings. The molecule has 2 N–H and O–H groups in total. The number of hydrogen-bond donors (Lipinski definition) is 2. The summed E-state index contributed by atoms with van der Waals surface area (Å²) in [6, 6.07) is 11.4. The fraction of sp³-hybridized carbons (Fsp3) is 0.333. The Morgan fingerprint density at radius 1 is 0.800 bits per heavy atom. The molecule has 184 valence electrons. The first-order chi connectivity index (χ1) is 17.0. The molecular formula is C24H26N4O4S3. The molecule has 0 aliphatic heterocycles. The summed E-state index contributed by atoms with van der Waals surface area (Å²) in [5.41, 5.74) is 1.66. The van der Waals surface area contributed by atoms with Crippen molar-refractivity contribution >= 4 is 76.9 Å². The second-order valence-electron chi connectivity index (χ2n) is 7.37. The van der Waals surface area contributed by atoms with Crippen LogP contribution in [0, 0.1) is 0 Å². The Labute approximate surface area is 215 Å². The number of thioether (sulfide) groups is 1. The van der Waals surface area contributed by atoms with Crippen molar-refractivity contribution in [3.8, 4) is 11.5 Å². The summed E-state index contributed by atoms with van der Waals surface area (Å²) in [6.07, 6.45) is 0.707. The third-order valence-corrected chi connectivity index (χ3v) is 7.63. The summed E-state index contributed by atoms with van der Waals surface area (Å²) >= 11 is 4.41. The van der Waals surface area contributed by atoms with E-state index < -0.39 is 0 Å². The van der Waals surface area contributed by atoms with Gasteiger partial charge >= 0.3 is 0 Å². The molecule has 35 heavy (non-hydrogen) atoms. The Morgan fingerprint density at radius 2 is 1.26 bits per heavy atom. The van der Waals surface area contributed by atoms with Gasteiger partial charge in [-0.25, -0.2) is 9.97 Å². The number of benzene rings is 2. The van der Waals surface area contributed by atoms with Crippen molar-refractivity contribution in [2.75, 3.05) is 35.4 Å². The fourth-order valence-corrected chi connectivity index (χ4v) is 5.91. The molecule has 2 amide bonds. The van der Waals surface area contributed by atoms with Crippen molar-refractivity contribution in [2.24, 2.45) is 0 Å². The van der Waals surface area contributed by atoms with Crippen LogP contribution in [0.2, 0.25) is 0 Å². The number of fused-ring (bicyclic) bond motifs is 2. The van der Waals surface area contributed by atoms with Crippen LogP contribution in [0.3, 0.4) is 0 Å². The van der Waals surface area contributed by atoms with Gasteiger partial charge in [0.05, 0.1) is 33.6 Å². The topological polar surface area (TPSA) is 102 Å². The molecule has 2 heterocycles. The second-order valence-corrected chi connectivity index (χ2v) is 10.7. The number of rotatable bonds is 12. The van der Waals surface area contributed by atoms with Gasteiger partial charge in [-0.3, -0.25) is 9.59 Å². The van der Waals surface area contributed by atoms with E-state index in [-0.39, 0.29) is 11.8 Å². The minimum atomic E-state index is -0.0908. The highest BCUT2D eigenvalue weighted by Gasteiger charge is 2.11. The highest BCUT2D eigenvalue weighted by molar-refractivity contribution is 7.99. The standard InChI is InChI=1S/C24H26N4O4S3/c1-3-31-15-5-7-17-19(13-15)34-23(25-17)27-21(29)9-11-33-12-10-22(30)28-24-26-18-8-6-16(32-4-2)14-20(18)35-24/h5-8,13-14H,3-4,9-12H2,1-2H3,(H,25,27,29)(H,26,28,30). The molecule has 0 bridgehead atoms. The number of carbonyl (C=O) groups is 2. The molecule has 0 aliphatic carbocycles. The van der Waals surface area contributed by atoms with Gasteiger partial charge in [0, 0.05) is 24.3 Å². The lowest BCUT2D eigenvalue weighted by Gasteiger charge is -2.03. The first-order valence-corrected chi connectivity index (χ1v) is 14.1. The zero-order valence-corrected chi connectivity index (χ0v) is 21.9. The van der Waals surface area contributed by atoms with E-state index in [1.807, 2.05) is 50.2 Å². The lowest BCUT2D eigenvalue weighted by molar-refractivity contribution is -0.116. The maximum Gasteiger partial charge on any atom is 0.226 e. The van der Waals surface area contributed by atoms with Crippen LogP contribution in [0.1, 0.15) is 26.7 Å². The summed E-state index contributed by atoms with van der Waals surface area (Å²) < 4.78 is 13.0. The molecule has 2 aromatic heterocycles. The van der Waals surface area contributed by atoms with Crippen LogP contribution in [0.4, 0.5) is 10.3 Å². The highest BCUT2D eigenvalue weighted by Crippen LogP contribution is 2.30. The first kappa shape index (κ1) is 25.2. The van der Waals surface area contributed by atoms with E-state index in [1.165, 1.54) is 22.7 Å². The SMILES string of the molecule is CCOc1ccc2nc(NC(=O)CCSCCC(=O)Nc3nc4ccc(OCC)cc4s3)sc2c1. The number of amides is 2. The van der Waals surface area contributed by atoms with Crippen molar-refractivity contribution in [2.45, 2.75) is 26.7 Å². The minimum absolute atomic E-state index is 0.0908. The Bertz CT molecular complexity index is 1220. The van der Waals surface area contributed by atoms with Crippen molar-refractivity contribution in [3.05, 3.63) is 36.4 Å². The highest BCUT2D eigenvalue weighted by atomic mass is 32.2. The number of nitrogens with one attached hydrogen (secondary N) is 2. The van der Waals surface area contributed by atoms with Gasteiger partial charge in [0.15, 0.2) is 10.3 Å². The molecule has 0 saturated heterocycles. The van der Waals surface area contributed by atoms with Crippen LogP contribution >= 0.6 is 34.4 Å². The van der Waals surface area contributed by atoms with Gasteiger partial charge in [-0.05, 0) is 50.2 Å². The lowest BCUT2D eigenvalue weighted by Crippen LogP contribution is -2.13. The van der Waals surface area contributed by atoms with Gasteiger partial charge < -0.3 is 20.1 Å². The van der Waals surface area contributed by atoms with Gasteiger partial charge in [0.25, 0.3) is 0 Å². The van der Waals surface area contributed by atoms with E-state index in [2.05, 4.69) is 20.6 Å².